The van der Waals surface area contributed by atoms with Crippen LogP contribution in [0.4, 0.5) is 0 Å². The van der Waals surface area contributed by atoms with Crippen LogP contribution in [0, 0.1) is 0 Å². The van der Waals surface area contributed by atoms with E-state index in [1.165, 1.54) is 0 Å². The Bertz CT molecular complexity index is 420. The van der Waals surface area contributed by atoms with E-state index >= 15 is 0 Å². The molecule has 0 radical (unpaired) electrons. The summed E-state index contributed by atoms with van der Waals surface area (Å²) in [4.78, 5) is 11.3. The summed E-state index contributed by atoms with van der Waals surface area (Å²) < 4.78 is 10.7. The van der Waals surface area contributed by atoms with Crippen LogP contribution < -0.4 is 15.4 Å². The summed E-state index contributed by atoms with van der Waals surface area (Å²) in [5, 5.41) is 6.10. The van der Waals surface area contributed by atoms with Crippen LogP contribution in [0.25, 0.3) is 0 Å². The minimum absolute atomic E-state index is 0.0494. The number of hydrogen-bond donors (Lipinski definition) is 2. The molecule has 1 aromatic rings. The zero-order chi connectivity index (χ0) is 15.7. The zero-order valence-corrected chi connectivity index (χ0v) is 13.3. The molecule has 118 valence electrons. The number of nitrogens with one attached hydrogen (secondary N) is 2. The van der Waals surface area contributed by atoms with Crippen molar-refractivity contribution in [1.82, 2.24) is 10.6 Å². The Morgan fingerprint density at radius 3 is 2.48 bits per heavy atom. The molecule has 0 saturated carbocycles. The molecule has 1 amide bonds. The van der Waals surface area contributed by atoms with E-state index in [1.54, 1.807) is 7.11 Å². The predicted molar refractivity (Wildman–Crippen MR) is 83.4 cm³/mol. The summed E-state index contributed by atoms with van der Waals surface area (Å²) in [6.07, 6.45) is 0.171. The molecule has 0 aliphatic heterocycles. The first-order valence-corrected chi connectivity index (χ1v) is 7.31. The summed E-state index contributed by atoms with van der Waals surface area (Å²) in [6.45, 7) is 7.45. The van der Waals surface area contributed by atoms with Gasteiger partial charge in [-0.25, -0.2) is 0 Å². The predicted octanol–water partition coefficient (Wildman–Crippen LogP) is 1.71. The van der Waals surface area contributed by atoms with Crippen molar-refractivity contribution in [2.45, 2.75) is 39.5 Å². The van der Waals surface area contributed by atoms with Gasteiger partial charge in [0.2, 0.25) is 0 Å². The molecular formula is C16H26N2O3. The Morgan fingerprint density at radius 2 is 1.90 bits per heavy atom. The Kier molecular flexibility index (Phi) is 7.79. The molecule has 0 spiro atoms. The lowest BCUT2D eigenvalue weighted by Gasteiger charge is -2.20. The summed E-state index contributed by atoms with van der Waals surface area (Å²) in [5.41, 5.74) is 1.16. The SMILES string of the molecule is CCNC(=O)COc1ccc(CN[C@@H](C)C(C)OC)cc1. The molecule has 0 aliphatic carbocycles. The topological polar surface area (TPSA) is 59.6 Å². The van der Waals surface area contributed by atoms with Crippen molar-refractivity contribution >= 4 is 5.91 Å². The van der Waals surface area contributed by atoms with Crippen molar-refractivity contribution in [2.24, 2.45) is 0 Å². The molecule has 2 atom stereocenters. The van der Waals surface area contributed by atoms with Gasteiger partial charge in [-0.3, -0.25) is 4.79 Å². The van der Waals surface area contributed by atoms with E-state index in [1.807, 2.05) is 38.1 Å². The number of hydrogen-bond acceptors (Lipinski definition) is 4. The maximum absolute atomic E-state index is 11.3. The van der Waals surface area contributed by atoms with Gasteiger partial charge >= 0.3 is 0 Å². The van der Waals surface area contributed by atoms with Crippen LogP contribution in [0.3, 0.4) is 0 Å². The fourth-order valence-electron chi connectivity index (χ4n) is 1.75. The first kappa shape index (κ1) is 17.5. The highest BCUT2D eigenvalue weighted by Crippen LogP contribution is 2.12. The van der Waals surface area contributed by atoms with Crippen molar-refractivity contribution < 1.29 is 14.3 Å². The van der Waals surface area contributed by atoms with Crippen LogP contribution in [0.5, 0.6) is 5.75 Å². The summed E-state index contributed by atoms with van der Waals surface area (Å²) >= 11 is 0. The van der Waals surface area contributed by atoms with Gasteiger partial charge in [-0.2, -0.15) is 0 Å². The van der Waals surface area contributed by atoms with E-state index in [-0.39, 0.29) is 24.7 Å². The second-order valence-electron chi connectivity index (χ2n) is 5.00. The molecule has 1 rings (SSSR count). The van der Waals surface area contributed by atoms with Gasteiger partial charge in [0.25, 0.3) is 5.91 Å². The Labute approximate surface area is 127 Å². The molecule has 2 N–H and O–H groups in total. The number of benzene rings is 1. The third kappa shape index (κ3) is 6.60. The van der Waals surface area contributed by atoms with E-state index < -0.39 is 0 Å². The molecule has 0 bridgehead atoms. The molecule has 0 aromatic heterocycles. The van der Waals surface area contributed by atoms with Gasteiger partial charge in [0.15, 0.2) is 6.61 Å². The normalized spacial score (nSPS) is 13.5. The standard InChI is InChI=1S/C16H26N2O3/c1-5-17-16(19)11-21-15-8-6-14(7-9-15)10-18-12(2)13(3)20-4/h6-9,12-13,18H,5,10-11H2,1-4H3,(H,17,19)/t12-,13?/m0/s1. The smallest absolute Gasteiger partial charge is 0.257 e. The fourth-order valence-corrected chi connectivity index (χ4v) is 1.75. The molecule has 1 aromatic carbocycles. The van der Waals surface area contributed by atoms with Gasteiger partial charge in [0, 0.05) is 26.2 Å². The van der Waals surface area contributed by atoms with Gasteiger partial charge < -0.3 is 20.1 Å². The average Bonchev–Trinajstić information content (AvgIpc) is 2.51. The first-order chi connectivity index (χ1) is 10.1. The van der Waals surface area contributed by atoms with E-state index in [0.717, 1.165) is 12.1 Å². The molecule has 0 heterocycles. The highest BCUT2D eigenvalue weighted by atomic mass is 16.5. The van der Waals surface area contributed by atoms with Crippen LogP contribution in [0.1, 0.15) is 26.3 Å². The summed E-state index contributed by atoms with van der Waals surface area (Å²) in [7, 11) is 1.71. The zero-order valence-electron chi connectivity index (χ0n) is 13.3. The van der Waals surface area contributed by atoms with Crippen molar-refractivity contribution in [3.8, 4) is 5.75 Å². The second kappa shape index (κ2) is 9.37. The molecule has 0 fully saturated rings. The van der Waals surface area contributed by atoms with Crippen LogP contribution >= 0.6 is 0 Å². The quantitative estimate of drug-likeness (QED) is 0.728. The molecule has 1 unspecified atom stereocenters. The number of likely N-dealkylation sites (N-methyl/N-ethyl adjacent to an activating group) is 1. The first-order valence-electron chi connectivity index (χ1n) is 7.31. The number of ether oxygens (including phenoxy) is 2. The maximum Gasteiger partial charge on any atom is 0.257 e. The molecule has 0 aliphatic rings. The highest BCUT2D eigenvalue weighted by molar-refractivity contribution is 5.77. The van der Waals surface area contributed by atoms with Crippen molar-refractivity contribution in [3.63, 3.8) is 0 Å². The van der Waals surface area contributed by atoms with Crippen LogP contribution in [-0.4, -0.2) is 38.3 Å². The number of amides is 1. The molecule has 5 nitrogen and oxygen atoms in total. The van der Waals surface area contributed by atoms with Gasteiger partial charge in [-0.1, -0.05) is 12.1 Å². The van der Waals surface area contributed by atoms with E-state index in [9.17, 15) is 4.79 Å². The Balaban J connectivity index is 2.38. The van der Waals surface area contributed by atoms with Crippen molar-refractivity contribution in [3.05, 3.63) is 29.8 Å². The van der Waals surface area contributed by atoms with Crippen molar-refractivity contribution in [1.29, 1.82) is 0 Å². The van der Waals surface area contributed by atoms with Crippen LogP contribution in [0.2, 0.25) is 0 Å². The van der Waals surface area contributed by atoms with E-state index in [0.29, 0.717) is 12.3 Å². The minimum Gasteiger partial charge on any atom is -0.484 e. The summed E-state index contributed by atoms with van der Waals surface area (Å²) in [6, 6.07) is 8.01. The maximum atomic E-state index is 11.3. The van der Waals surface area contributed by atoms with Crippen LogP contribution in [-0.2, 0) is 16.1 Å². The third-order valence-corrected chi connectivity index (χ3v) is 3.37. The number of carbonyl (C=O) groups is 1. The molecule has 5 heteroatoms. The monoisotopic (exact) mass is 294 g/mol. The fraction of sp³-hybridized carbons (Fsp3) is 0.562. The lowest BCUT2D eigenvalue weighted by molar-refractivity contribution is -0.122. The highest BCUT2D eigenvalue weighted by Gasteiger charge is 2.09. The Morgan fingerprint density at radius 1 is 1.24 bits per heavy atom. The van der Waals surface area contributed by atoms with Crippen LogP contribution in [0.15, 0.2) is 24.3 Å². The lowest BCUT2D eigenvalue weighted by Crippen LogP contribution is -2.36. The van der Waals surface area contributed by atoms with E-state index in [4.69, 9.17) is 9.47 Å². The molecular weight excluding hydrogens is 268 g/mol. The third-order valence-electron chi connectivity index (χ3n) is 3.37. The van der Waals surface area contributed by atoms with Gasteiger partial charge in [-0.15, -0.1) is 0 Å². The Hall–Kier alpha value is -1.59. The minimum atomic E-state index is -0.106. The molecule has 0 saturated heterocycles. The lowest BCUT2D eigenvalue weighted by atomic mass is 10.1. The summed E-state index contributed by atoms with van der Waals surface area (Å²) in [5.74, 6) is 0.592. The second-order valence-corrected chi connectivity index (χ2v) is 5.00. The van der Waals surface area contributed by atoms with Crippen molar-refractivity contribution in [2.75, 3.05) is 20.3 Å². The van der Waals surface area contributed by atoms with Gasteiger partial charge in [0.1, 0.15) is 5.75 Å². The molecule has 21 heavy (non-hydrogen) atoms. The number of methoxy groups -OCH3 is 1. The van der Waals surface area contributed by atoms with E-state index in [2.05, 4.69) is 17.6 Å². The number of rotatable bonds is 9. The van der Waals surface area contributed by atoms with Gasteiger partial charge in [0.05, 0.1) is 6.10 Å². The average molecular weight is 294 g/mol. The number of carbonyl (C=O) groups excluding carboxylic acids is 1. The largest absolute Gasteiger partial charge is 0.484 e. The van der Waals surface area contributed by atoms with Gasteiger partial charge in [-0.05, 0) is 38.5 Å².